The first-order chi connectivity index (χ1) is 9.08. The van der Waals surface area contributed by atoms with E-state index in [-0.39, 0.29) is 10.8 Å². The molecule has 0 atom stereocenters. The quantitative estimate of drug-likeness (QED) is 0.398. The molecule has 0 unspecified atom stereocenters. The average molecular weight is 296 g/mol. The number of hydrogen-bond donors (Lipinski definition) is 1. The number of benzene rings is 1. The number of nitrogens with one attached hydrogen (secondary N) is 1. The van der Waals surface area contributed by atoms with E-state index in [1.54, 1.807) is 11.8 Å². The molecule has 1 aromatic carbocycles. The molecule has 0 bridgehead atoms. The van der Waals surface area contributed by atoms with E-state index >= 15 is 0 Å². The van der Waals surface area contributed by atoms with E-state index in [9.17, 15) is 10.1 Å². The summed E-state index contributed by atoms with van der Waals surface area (Å²) in [7, 11) is 0. The molecule has 5 nitrogen and oxygen atoms in total. The summed E-state index contributed by atoms with van der Waals surface area (Å²) >= 11 is 7.39. The van der Waals surface area contributed by atoms with Gasteiger partial charge < -0.3 is 5.32 Å². The summed E-state index contributed by atoms with van der Waals surface area (Å²) in [5.74, 6) is 0.344. The SMILES string of the molecule is CSc1ccc(Nc2cc([N+](=O)[O-])cc(Cl)n2)cc1. The molecule has 0 amide bonds. The van der Waals surface area contributed by atoms with E-state index in [0.29, 0.717) is 5.82 Å². The van der Waals surface area contributed by atoms with Crippen molar-refractivity contribution >= 4 is 40.6 Å². The van der Waals surface area contributed by atoms with E-state index in [1.165, 1.54) is 12.1 Å². The molecule has 0 aliphatic rings. The fraction of sp³-hybridized carbons (Fsp3) is 0.0833. The first-order valence-electron chi connectivity index (χ1n) is 5.31. The second kappa shape index (κ2) is 5.90. The molecule has 0 saturated carbocycles. The Bertz CT molecular complexity index is 604. The molecule has 0 radical (unpaired) electrons. The van der Waals surface area contributed by atoms with Crippen molar-refractivity contribution in [3.8, 4) is 0 Å². The van der Waals surface area contributed by atoms with Crippen molar-refractivity contribution in [2.24, 2.45) is 0 Å². The summed E-state index contributed by atoms with van der Waals surface area (Å²) in [6, 6.07) is 10.2. The molecular formula is C12H10ClN3O2S. The lowest BCUT2D eigenvalue weighted by Crippen LogP contribution is -1.96. The van der Waals surface area contributed by atoms with Gasteiger partial charge in [0.05, 0.1) is 17.1 Å². The Kier molecular flexibility index (Phi) is 4.24. The predicted molar refractivity (Wildman–Crippen MR) is 77.4 cm³/mol. The lowest BCUT2D eigenvalue weighted by molar-refractivity contribution is -0.384. The molecule has 98 valence electrons. The lowest BCUT2D eigenvalue weighted by Gasteiger charge is -2.06. The molecule has 0 aliphatic heterocycles. The van der Waals surface area contributed by atoms with Gasteiger partial charge >= 0.3 is 0 Å². The number of aromatic nitrogens is 1. The first kappa shape index (κ1) is 13.6. The Morgan fingerprint density at radius 3 is 2.58 bits per heavy atom. The molecule has 0 spiro atoms. The van der Waals surface area contributed by atoms with Crippen LogP contribution in [-0.2, 0) is 0 Å². The zero-order chi connectivity index (χ0) is 13.8. The molecule has 19 heavy (non-hydrogen) atoms. The highest BCUT2D eigenvalue weighted by atomic mass is 35.5. The fourth-order valence-electron chi connectivity index (χ4n) is 1.48. The maximum absolute atomic E-state index is 10.7. The van der Waals surface area contributed by atoms with Crippen LogP contribution in [0, 0.1) is 10.1 Å². The fourth-order valence-corrected chi connectivity index (χ4v) is 2.09. The van der Waals surface area contributed by atoms with Crippen molar-refractivity contribution in [3.05, 3.63) is 51.7 Å². The Balaban J connectivity index is 2.24. The van der Waals surface area contributed by atoms with E-state index in [1.807, 2.05) is 30.5 Å². The smallest absolute Gasteiger partial charge is 0.276 e. The van der Waals surface area contributed by atoms with Gasteiger partial charge in [-0.05, 0) is 30.5 Å². The van der Waals surface area contributed by atoms with Crippen LogP contribution in [0.5, 0.6) is 0 Å². The first-order valence-corrected chi connectivity index (χ1v) is 6.92. The molecule has 2 rings (SSSR count). The third kappa shape index (κ3) is 3.59. The van der Waals surface area contributed by atoms with Gasteiger partial charge in [-0.15, -0.1) is 11.8 Å². The predicted octanol–water partition coefficient (Wildman–Crippen LogP) is 4.11. The molecule has 1 aromatic heterocycles. The summed E-state index contributed by atoms with van der Waals surface area (Å²) in [5.41, 5.74) is 0.699. The largest absolute Gasteiger partial charge is 0.340 e. The van der Waals surface area contributed by atoms with Crippen molar-refractivity contribution in [2.45, 2.75) is 4.90 Å². The van der Waals surface area contributed by atoms with Crippen LogP contribution in [-0.4, -0.2) is 16.2 Å². The Hall–Kier alpha value is -1.79. The average Bonchev–Trinajstić information content (AvgIpc) is 2.39. The van der Waals surface area contributed by atoms with Gasteiger partial charge in [-0.25, -0.2) is 4.98 Å². The second-order valence-electron chi connectivity index (χ2n) is 3.64. The van der Waals surface area contributed by atoms with Gasteiger partial charge in [0.25, 0.3) is 5.69 Å². The van der Waals surface area contributed by atoms with Gasteiger partial charge in [-0.2, -0.15) is 0 Å². The van der Waals surface area contributed by atoms with E-state index in [0.717, 1.165) is 10.6 Å². The Morgan fingerprint density at radius 1 is 1.32 bits per heavy atom. The van der Waals surface area contributed by atoms with Crippen molar-refractivity contribution in [1.82, 2.24) is 4.98 Å². The van der Waals surface area contributed by atoms with Crippen LogP contribution in [0.4, 0.5) is 17.2 Å². The van der Waals surface area contributed by atoms with Crippen LogP contribution in [0.1, 0.15) is 0 Å². The van der Waals surface area contributed by atoms with Gasteiger partial charge in [0.2, 0.25) is 0 Å². The number of halogens is 1. The monoisotopic (exact) mass is 295 g/mol. The molecule has 0 aliphatic carbocycles. The normalized spacial score (nSPS) is 10.2. The number of rotatable bonds is 4. The molecule has 7 heteroatoms. The number of pyridine rings is 1. The lowest BCUT2D eigenvalue weighted by atomic mass is 10.3. The Morgan fingerprint density at radius 2 is 2.00 bits per heavy atom. The zero-order valence-corrected chi connectivity index (χ0v) is 11.5. The van der Waals surface area contributed by atoms with E-state index in [2.05, 4.69) is 10.3 Å². The number of anilines is 2. The maximum atomic E-state index is 10.7. The highest BCUT2D eigenvalue weighted by molar-refractivity contribution is 7.98. The third-order valence-electron chi connectivity index (χ3n) is 2.35. The van der Waals surface area contributed by atoms with Crippen LogP contribution >= 0.6 is 23.4 Å². The zero-order valence-electron chi connectivity index (χ0n) is 9.96. The number of nitrogens with zero attached hydrogens (tertiary/aromatic N) is 2. The van der Waals surface area contributed by atoms with Crippen molar-refractivity contribution < 1.29 is 4.92 Å². The standard InChI is InChI=1S/C12H10ClN3O2S/c1-19-10-4-2-8(3-5-10)14-12-7-9(16(17)18)6-11(13)15-12/h2-7H,1H3,(H,14,15). The molecule has 1 N–H and O–H groups in total. The van der Waals surface area contributed by atoms with Crippen LogP contribution in [0.3, 0.4) is 0 Å². The summed E-state index contributed by atoms with van der Waals surface area (Å²) in [6.45, 7) is 0. The van der Waals surface area contributed by atoms with Crippen LogP contribution in [0.15, 0.2) is 41.3 Å². The van der Waals surface area contributed by atoms with Crippen molar-refractivity contribution in [3.63, 3.8) is 0 Å². The minimum Gasteiger partial charge on any atom is -0.340 e. The summed E-state index contributed by atoms with van der Waals surface area (Å²) in [6.07, 6.45) is 1.99. The summed E-state index contributed by atoms with van der Waals surface area (Å²) in [4.78, 5) is 15.4. The molecule has 0 fully saturated rings. The minimum atomic E-state index is -0.504. The number of nitro groups is 1. The number of thioether (sulfide) groups is 1. The van der Waals surface area contributed by atoms with Gasteiger partial charge in [-0.1, -0.05) is 11.6 Å². The summed E-state index contributed by atoms with van der Waals surface area (Å²) in [5, 5.41) is 13.8. The van der Waals surface area contributed by atoms with Crippen LogP contribution in [0.25, 0.3) is 0 Å². The number of hydrogen-bond acceptors (Lipinski definition) is 5. The van der Waals surface area contributed by atoms with Crippen molar-refractivity contribution in [1.29, 1.82) is 0 Å². The van der Waals surface area contributed by atoms with Gasteiger partial charge in [0, 0.05) is 10.6 Å². The van der Waals surface area contributed by atoms with Crippen LogP contribution in [0.2, 0.25) is 5.15 Å². The maximum Gasteiger partial charge on any atom is 0.276 e. The topological polar surface area (TPSA) is 68.1 Å². The molecule has 1 heterocycles. The highest BCUT2D eigenvalue weighted by Crippen LogP contribution is 2.24. The highest BCUT2D eigenvalue weighted by Gasteiger charge is 2.10. The van der Waals surface area contributed by atoms with Gasteiger partial charge in [0.15, 0.2) is 0 Å². The van der Waals surface area contributed by atoms with Gasteiger partial charge in [-0.3, -0.25) is 10.1 Å². The molecule has 2 aromatic rings. The Labute approximate surface area is 119 Å². The second-order valence-corrected chi connectivity index (χ2v) is 4.91. The van der Waals surface area contributed by atoms with Crippen molar-refractivity contribution in [2.75, 3.05) is 11.6 Å². The van der Waals surface area contributed by atoms with Gasteiger partial charge in [0.1, 0.15) is 11.0 Å². The van der Waals surface area contributed by atoms with E-state index < -0.39 is 4.92 Å². The molecule has 0 saturated heterocycles. The third-order valence-corrected chi connectivity index (χ3v) is 3.29. The molecular weight excluding hydrogens is 286 g/mol. The van der Waals surface area contributed by atoms with E-state index in [4.69, 9.17) is 11.6 Å². The minimum absolute atomic E-state index is 0.0810. The summed E-state index contributed by atoms with van der Waals surface area (Å²) < 4.78 is 0. The van der Waals surface area contributed by atoms with Crippen LogP contribution < -0.4 is 5.32 Å².